The van der Waals surface area contributed by atoms with Gasteiger partial charge >= 0.3 is 5.97 Å². The molecule has 0 bridgehead atoms. The number of aliphatic hydroxyl groups is 1. The van der Waals surface area contributed by atoms with Gasteiger partial charge in [-0.1, -0.05) is 12.1 Å². The molecule has 0 aromatic heterocycles. The predicted molar refractivity (Wildman–Crippen MR) is 61.2 cm³/mol. The third kappa shape index (κ3) is 4.42. The van der Waals surface area contributed by atoms with Crippen molar-refractivity contribution in [3.63, 3.8) is 0 Å². The molecule has 0 fully saturated rings. The summed E-state index contributed by atoms with van der Waals surface area (Å²) in [4.78, 5) is 10.8. The van der Waals surface area contributed by atoms with Crippen molar-refractivity contribution in [2.75, 3.05) is 20.3 Å². The number of hydrogen-bond acceptors (Lipinski definition) is 4. The first-order valence-corrected chi connectivity index (χ1v) is 5.25. The molecule has 5 heteroatoms. The number of benzene rings is 1. The van der Waals surface area contributed by atoms with E-state index in [1.165, 1.54) is 7.11 Å². The maximum absolute atomic E-state index is 10.8. The van der Waals surface area contributed by atoms with E-state index < -0.39 is 12.1 Å². The number of carbonyl (C=O) groups is 1. The molecule has 5 nitrogen and oxygen atoms in total. The van der Waals surface area contributed by atoms with Crippen LogP contribution in [0.3, 0.4) is 0 Å². The average Bonchev–Trinajstić information content (AvgIpc) is 2.34. The first kappa shape index (κ1) is 13.5. The van der Waals surface area contributed by atoms with Gasteiger partial charge in [0.1, 0.15) is 12.4 Å². The fraction of sp³-hybridized carbons (Fsp3) is 0.417. The summed E-state index contributed by atoms with van der Waals surface area (Å²) in [5, 5.41) is 17.4. The van der Waals surface area contributed by atoms with Gasteiger partial charge in [0.2, 0.25) is 0 Å². The Morgan fingerprint density at radius 1 is 1.35 bits per heavy atom. The molecule has 0 saturated carbocycles. The Kier molecular flexibility index (Phi) is 5.45. The molecule has 0 aliphatic carbocycles. The summed E-state index contributed by atoms with van der Waals surface area (Å²) in [6, 6.07) is 7.03. The van der Waals surface area contributed by atoms with Crippen LogP contribution < -0.4 is 4.74 Å². The Bertz CT molecular complexity index is 346. The Labute approximate surface area is 99.6 Å². The SMILES string of the molecule is CO[C@@H](Cc1ccc(OCCO)cc1)C(=O)O. The summed E-state index contributed by atoms with van der Waals surface area (Å²) in [5.41, 5.74) is 0.857. The minimum Gasteiger partial charge on any atom is -0.491 e. The highest BCUT2D eigenvalue weighted by molar-refractivity contribution is 5.72. The van der Waals surface area contributed by atoms with E-state index in [9.17, 15) is 4.79 Å². The van der Waals surface area contributed by atoms with Gasteiger partial charge in [0.05, 0.1) is 6.61 Å². The van der Waals surface area contributed by atoms with Crippen molar-refractivity contribution in [1.29, 1.82) is 0 Å². The highest BCUT2D eigenvalue weighted by Crippen LogP contribution is 2.14. The third-order valence-electron chi connectivity index (χ3n) is 2.26. The van der Waals surface area contributed by atoms with Crippen molar-refractivity contribution < 1.29 is 24.5 Å². The zero-order valence-corrected chi connectivity index (χ0v) is 9.63. The number of aliphatic carboxylic acids is 1. The van der Waals surface area contributed by atoms with Crippen LogP contribution in [0.25, 0.3) is 0 Å². The van der Waals surface area contributed by atoms with E-state index in [-0.39, 0.29) is 13.2 Å². The molecule has 1 rings (SSSR count). The lowest BCUT2D eigenvalue weighted by Gasteiger charge is -2.10. The van der Waals surface area contributed by atoms with Crippen LogP contribution in [0.2, 0.25) is 0 Å². The van der Waals surface area contributed by atoms with Crippen molar-refractivity contribution in [3.8, 4) is 5.75 Å². The minimum atomic E-state index is -0.979. The highest BCUT2D eigenvalue weighted by atomic mass is 16.5. The van der Waals surface area contributed by atoms with E-state index in [2.05, 4.69) is 0 Å². The van der Waals surface area contributed by atoms with Crippen LogP contribution in [0, 0.1) is 0 Å². The summed E-state index contributed by atoms with van der Waals surface area (Å²) in [5.74, 6) is -0.333. The molecule has 1 aromatic carbocycles. The van der Waals surface area contributed by atoms with Gasteiger partial charge in [-0.3, -0.25) is 0 Å². The molecule has 0 aliphatic rings. The molecule has 2 N–H and O–H groups in total. The second-order valence-electron chi connectivity index (χ2n) is 3.48. The first-order valence-electron chi connectivity index (χ1n) is 5.25. The third-order valence-corrected chi connectivity index (χ3v) is 2.26. The summed E-state index contributed by atoms with van der Waals surface area (Å²) in [6.07, 6.45) is -0.522. The average molecular weight is 240 g/mol. The molecule has 17 heavy (non-hydrogen) atoms. The lowest BCUT2D eigenvalue weighted by atomic mass is 10.1. The van der Waals surface area contributed by atoms with Gasteiger partial charge in [0.15, 0.2) is 6.10 Å². The molecule has 0 aliphatic heterocycles. The standard InChI is InChI=1S/C12H16O5/c1-16-11(12(14)15)8-9-2-4-10(5-3-9)17-7-6-13/h2-5,11,13H,6-8H2,1H3,(H,14,15)/t11-/m0/s1. The maximum Gasteiger partial charge on any atom is 0.333 e. The second-order valence-corrected chi connectivity index (χ2v) is 3.48. The number of carboxylic acid groups (broad SMARTS) is 1. The second kappa shape index (κ2) is 6.88. The Morgan fingerprint density at radius 3 is 2.47 bits per heavy atom. The first-order chi connectivity index (χ1) is 8.17. The molecule has 0 unspecified atom stereocenters. The number of ether oxygens (including phenoxy) is 2. The van der Waals surface area contributed by atoms with Crippen molar-refractivity contribution in [1.82, 2.24) is 0 Å². The van der Waals surface area contributed by atoms with E-state index in [1.807, 2.05) is 0 Å². The van der Waals surface area contributed by atoms with Crippen LogP contribution in [-0.4, -0.2) is 42.6 Å². The maximum atomic E-state index is 10.8. The summed E-state index contributed by atoms with van der Waals surface area (Å²) in [6.45, 7) is 0.210. The van der Waals surface area contributed by atoms with Crippen molar-refractivity contribution in [3.05, 3.63) is 29.8 Å². The van der Waals surface area contributed by atoms with Crippen LogP contribution >= 0.6 is 0 Å². The molecule has 0 spiro atoms. The molecular formula is C12H16O5. The predicted octanol–water partition coefficient (Wildman–Crippen LogP) is 0.700. The van der Waals surface area contributed by atoms with Crippen LogP contribution in [-0.2, 0) is 16.0 Å². The summed E-state index contributed by atoms with van der Waals surface area (Å²) >= 11 is 0. The van der Waals surface area contributed by atoms with Crippen molar-refractivity contribution in [2.24, 2.45) is 0 Å². The Morgan fingerprint density at radius 2 is 2.00 bits per heavy atom. The molecule has 0 amide bonds. The van der Waals surface area contributed by atoms with E-state index in [4.69, 9.17) is 19.7 Å². The number of carboxylic acids is 1. The van der Waals surface area contributed by atoms with E-state index in [0.717, 1.165) is 5.56 Å². The van der Waals surface area contributed by atoms with Gasteiger partial charge in [-0.2, -0.15) is 0 Å². The van der Waals surface area contributed by atoms with E-state index in [0.29, 0.717) is 12.2 Å². The zero-order valence-electron chi connectivity index (χ0n) is 9.63. The van der Waals surface area contributed by atoms with Crippen LogP contribution in [0.4, 0.5) is 0 Å². The molecule has 0 radical (unpaired) electrons. The quantitative estimate of drug-likeness (QED) is 0.733. The topological polar surface area (TPSA) is 76.0 Å². The lowest BCUT2D eigenvalue weighted by Crippen LogP contribution is -2.24. The van der Waals surface area contributed by atoms with E-state index in [1.54, 1.807) is 24.3 Å². The smallest absolute Gasteiger partial charge is 0.333 e. The zero-order chi connectivity index (χ0) is 12.7. The lowest BCUT2D eigenvalue weighted by molar-refractivity contribution is -0.148. The van der Waals surface area contributed by atoms with Crippen LogP contribution in [0.5, 0.6) is 5.75 Å². The van der Waals surface area contributed by atoms with Gasteiger partial charge in [0.25, 0.3) is 0 Å². The van der Waals surface area contributed by atoms with Gasteiger partial charge in [-0.15, -0.1) is 0 Å². The normalized spacial score (nSPS) is 12.1. The van der Waals surface area contributed by atoms with Crippen LogP contribution in [0.15, 0.2) is 24.3 Å². The fourth-order valence-electron chi connectivity index (χ4n) is 1.37. The molecule has 0 saturated heterocycles. The van der Waals surface area contributed by atoms with Crippen LogP contribution in [0.1, 0.15) is 5.56 Å². The number of hydrogen-bond donors (Lipinski definition) is 2. The molecule has 94 valence electrons. The number of rotatable bonds is 7. The molecule has 1 atom stereocenters. The van der Waals surface area contributed by atoms with E-state index >= 15 is 0 Å². The molecule has 1 aromatic rings. The van der Waals surface area contributed by atoms with Gasteiger partial charge in [-0.25, -0.2) is 4.79 Å². The molecule has 0 heterocycles. The monoisotopic (exact) mass is 240 g/mol. The van der Waals surface area contributed by atoms with Gasteiger partial charge in [0, 0.05) is 13.5 Å². The van der Waals surface area contributed by atoms with Gasteiger partial charge < -0.3 is 19.7 Å². The minimum absolute atomic E-state index is 0.0352. The molecular weight excluding hydrogens is 224 g/mol. The Hall–Kier alpha value is -1.59. The van der Waals surface area contributed by atoms with Crippen molar-refractivity contribution in [2.45, 2.75) is 12.5 Å². The Balaban J connectivity index is 2.58. The number of aliphatic hydroxyl groups excluding tert-OH is 1. The highest BCUT2D eigenvalue weighted by Gasteiger charge is 2.16. The van der Waals surface area contributed by atoms with Crippen molar-refractivity contribution >= 4 is 5.97 Å². The van der Waals surface area contributed by atoms with Gasteiger partial charge in [-0.05, 0) is 17.7 Å². The summed E-state index contributed by atoms with van der Waals surface area (Å²) < 4.78 is 10.0. The number of methoxy groups -OCH3 is 1. The fourth-order valence-corrected chi connectivity index (χ4v) is 1.37. The largest absolute Gasteiger partial charge is 0.491 e. The summed E-state index contributed by atoms with van der Waals surface area (Å²) in [7, 11) is 1.37.